The highest BCUT2D eigenvalue weighted by atomic mass is 19.1. The zero-order valence-electron chi connectivity index (χ0n) is 17.5. The topological polar surface area (TPSA) is 63.5 Å². The van der Waals surface area contributed by atoms with Crippen LogP contribution in [0.5, 0.6) is 0 Å². The Morgan fingerprint density at radius 1 is 0.968 bits per heavy atom. The van der Waals surface area contributed by atoms with E-state index in [4.69, 9.17) is 4.98 Å². The number of hydrogen-bond donors (Lipinski definition) is 0. The zero-order valence-corrected chi connectivity index (χ0v) is 17.5. The second kappa shape index (κ2) is 8.06. The number of aryl methyl sites for hydroxylation is 1. The van der Waals surface area contributed by atoms with Crippen LogP contribution in [0, 0.1) is 12.7 Å². The molecule has 0 unspecified atom stereocenters. The highest BCUT2D eigenvalue weighted by Gasteiger charge is 2.32. The predicted molar refractivity (Wildman–Crippen MR) is 116 cm³/mol. The van der Waals surface area contributed by atoms with Crippen LogP contribution in [0.2, 0.25) is 0 Å². The molecule has 158 valence electrons. The van der Waals surface area contributed by atoms with Gasteiger partial charge < -0.3 is 4.90 Å². The fourth-order valence-corrected chi connectivity index (χ4v) is 4.65. The molecule has 1 aromatic carbocycles. The monoisotopic (exact) mass is 418 g/mol. The van der Waals surface area contributed by atoms with Crippen molar-refractivity contribution in [3.05, 3.63) is 77.0 Å². The van der Waals surface area contributed by atoms with Crippen LogP contribution in [-0.2, 0) is 6.42 Å². The summed E-state index contributed by atoms with van der Waals surface area (Å²) >= 11 is 0. The molecule has 0 amide bonds. The minimum Gasteiger partial charge on any atom is -0.333 e. The lowest BCUT2D eigenvalue weighted by molar-refractivity contribution is -0.364. The van der Waals surface area contributed by atoms with Crippen molar-refractivity contribution in [2.45, 2.75) is 25.7 Å². The third-order valence-corrected chi connectivity index (χ3v) is 6.24. The van der Waals surface area contributed by atoms with Gasteiger partial charge in [0.25, 0.3) is 5.82 Å². The summed E-state index contributed by atoms with van der Waals surface area (Å²) in [5, 5.41) is 0. The van der Waals surface area contributed by atoms with E-state index in [1.54, 1.807) is 12.1 Å². The molecule has 6 nitrogen and oxygen atoms in total. The summed E-state index contributed by atoms with van der Waals surface area (Å²) in [6.45, 7) is 5.19. The number of carbonyl (C=O) groups is 1. The number of Topliss-reactive ketones (excluding diaryl/α,β-unsaturated/α-hetero) is 1. The van der Waals surface area contributed by atoms with E-state index >= 15 is 0 Å². The van der Waals surface area contributed by atoms with E-state index in [0.29, 0.717) is 29.9 Å². The number of aromatic nitrogens is 3. The number of anilines is 2. The number of pyridine rings is 1. The van der Waals surface area contributed by atoms with Gasteiger partial charge in [-0.15, -0.1) is 0 Å². The summed E-state index contributed by atoms with van der Waals surface area (Å²) in [5.41, 5.74) is 2.67. The van der Waals surface area contributed by atoms with Crippen LogP contribution in [0.3, 0.4) is 0 Å². The number of aromatic amines is 1. The molecular formula is C24H25FN5O+. The van der Waals surface area contributed by atoms with Gasteiger partial charge in [-0.2, -0.15) is 0 Å². The molecule has 5 rings (SSSR count). The Hall–Kier alpha value is -3.35. The number of halogens is 1. The van der Waals surface area contributed by atoms with Crippen molar-refractivity contribution in [3.63, 3.8) is 0 Å². The molecule has 1 aliphatic heterocycles. The smallest absolute Gasteiger partial charge is 0.274 e. The average molecular weight is 418 g/mol. The van der Waals surface area contributed by atoms with Crippen LogP contribution in [0.1, 0.15) is 39.6 Å². The Labute approximate surface area is 180 Å². The molecular weight excluding hydrogens is 393 g/mol. The zero-order chi connectivity index (χ0) is 21.4. The number of H-pyrrole nitrogens is 1. The van der Waals surface area contributed by atoms with Crippen molar-refractivity contribution in [2.24, 2.45) is 0 Å². The summed E-state index contributed by atoms with van der Waals surface area (Å²) in [6, 6.07) is 12.8. The Morgan fingerprint density at radius 3 is 2.45 bits per heavy atom. The molecule has 31 heavy (non-hydrogen) atoms. The summed E-state index contributed by atoms with van der Waals surface area (Å²) in [5.74, 6) is 1.32. The summed E-state index contributed by atoms with van der Waals surface area (Å²) < 4.78 is 14.3. The molecule has 1 N–H and O–H groups in total. The number of nitrogens with zero attached hydrogens (tertiary/aromatic N) is 4. The Morgan fingerprint density at radius 2 is 1.71 bits per heavy atom. The van der Waals surface area contributed by atoms with E-state index in [0.717, 1.165) is 43.4 Å². The van der Waals surface area contributed by atoms with Crippen LogP contribution in [0.25, 0.3) is 0 Å². The summed E-state index contributed by atoms with van der Waals surface area (Å²) in [7, 11) is 0. The number of fused-ring (bicyclic) bond motifs is 1. The van der Waals surface area contributed by atoms with Gasteiger partial charge in [0.15, 0.2) is 5.78 Å². The van der Waals surface area contributed by atoms with E-state index < -0.39 is 0 Å². The predicted octanol–water partition coefficient (Wildman–Crippen LogP) is 2.98. The summed E-state index contributed by atoms with van der Waals surface area (Å²) in [4.78, 5) is 30.1. The van der Waals surface area contributed by atoms with E-state index in [1.807, 2.05) is 31.3 Å². The van der Waals surface area contributed by atoms with Crippen LogP contribution >= 0.6 is 0 Å². The van der Waals surface area contributed by atoms with Gasteiger partial charge in [0.05, 0.1) is 36.2 Å². The highest BCUT2D eigenvalue weighted by Crippen LogP contribution is 2.34. The molecule has 0 spiro atoms. The molecule has 0 saturated carbocycles. The first-order chi connectivity index (χ1) is 15.1. The lowest BCUT2D eigenvalue weighted by Crippen LogP contribution is -2.48. The van der Waals surface area contributed by atoms with Crippen molar-refractivity contribution in [2.75, 3.05) is 36.0 Å². The number of hydrogen-bond acceptors (Lipinski definition) is 5. The minimum absolute atomic E-state index is 0.00277. The molecule has 2 aromatic heterocycles. The lowest BCUT2D eigenvalue weighted by atomic mass is 9.81. The van der Waals surface area contributed by atoms with Gasteiger partial charge in [-0.1, -0.05) is 24.3 Å². The maximum absolute atomic E-state index is 14.3. The van der Waals surface area contributed by atoms with Crippen molar-refractivity contribution in [1.82, 2.24) is 9.97 Å². The first-order valence-corrected chi connectivity index (χ1v) is 10.7. The Bertz CT molecular complexity index is 1110. The molecule has 1 fully saturated rings. The minimum atomic E-state index is -0.261. The maximum atomic E-state index is 14.3. The molecule has 2 aliphatic rings. The first-order valence-electron chi connectivity index (χ1n) is 10.7. The van der Waals surface area contributed by atoms with Crippen molar-refractivity contribution in [1.29, 1.82) is 0 Å². The van der Waals surface area contributed by atoms with E-state index in [2.05, 4.69) is 25.8 Å². The Balaban J connectivity index is 1.38. The second-order valence-electron chi connectivity index (χ2n) is 8.20. The fourth-order valence-electron chi connectivity index (χ4n) is 4.65. The third-order valence-electron chi connectivity index (χ3n) is 6.24. The van der Waals surface area contributed by atoms with Crippen molar-refractivity contribution < 1.29 is 14.2 Å². The van der Waals surface area contributed by atoms with Crippen LogP contribution in [-0.4, -0.2) is 41.9 Å². The largest absolute Gasteiger partial charge is 0.333 e. The maximum Gasteiger partial charge on any atom is 0.274 e. The molecule has 7 heteroatoms. The van der Waals surface area contributed by atoms with Gasteiger partial charge in [-0.25, -0.2) is 19.3 Å². The SMILES string of the molecule is Cc1nc(N2CCN(c3cccc[nH+]3)CC2)nc2c1C(=O)C[C@H](c1ccccc1F)C2. The van der Waals surface area contributed by atoms with Gasteiger partial charge in [-0.3, -0.25) is 9.69 Å². The Kier molecular flexibility index (Phi) is 5.10. The third kappa shape index (κ3) is 3.76. The van der Waals surface area contributed by atoms with Gasteiger partial charge in [0.1, 0.15) is 18.9 Å². The van der Waals surface area contributed by atoms with E-state index in [1.165, 1.54) is 6.07 Å². The van der Waals surface area contributed by atoms with Crippen LogP contribution < -0.4 is 14.8 Å². The lowest BCUT2D eigenvalue weighted by Gasteiger charge is -2.32. The molecule has 1 atom stereocenters. The molecule has 0 bridgehead atoms. The van der Waals surface area contributed by atoms with Gasteiger partial charge in [-0.05, 0) is 37.0 Å². The highest BCUT2D eigenvalue weighted by molar-refractivity contribution is 5.99. The molecule has 1 saturated heterocycles. The van der Waals surface area contributed by atoms with Crippen LogP contribution in [0.15, 0.2) is 48.7 Å². The van der Waals surface area contributed by atoms with Gasteiger partial charge >= 0.3 is 0 Å². The number of nitrogens with one attached hydrogen (secondary N) is 1. The van der Waals surface area contributed by atoms with E-state index in [-0.39, 0.29) is 17.5 Å². The average Bonchev–Trinajstić information content (AvgIpc) is 2.79. The van der Waals surface area contributed by atoms with Gasteiger partial charge in [0, 0.05) is 12.5 Å². The molecule has 0 radical (unpaired) electrons. The van der Waals surface area contributed by atoms with Crippen LogP contribution in [0.4, 0.5) is 16.2 Å². The number of ketones is 1. The fraction of sp³-hybridized carbons (Fsp3) is 0.333. The quantitative estimate of drug-likeness (QED) is 0.654. The molecule has 3 aromatic rings. The molecule has 1 aliphatic carbocycles. The van der Waals surface area contributed by atoms with Crippen molar-refractivity contribution in [3.8, 4) is 0 Å². The van der Waals surface area contributed by atoms with Crippen molar-refractivity contribution >= 4 is 17.5 Å². The number of piperazine rings is 1. The molecule has 3 heterocycles. The summed E-state index contributed by atoms with van der Waals surface area (Å²) in [6.07, 6.45) is 2.78. The van der Waals surface area contributed by atoms with Gasteiger partial charge in [0.2, 0.25) is 5.95 Å². The number of carbonyl (C=O) groups excluding carboxylic acids is 1. The number of rotatable bonds is 3. The second-order valence-corrected chi connectivity index (χ2v) is 8.20. The normalized spacial score (nSPS) is 18.8. The number of benzene rings is 1. The van der Waals surface area contributed by atoms with E-state index in [9.17, 15) is 9.18 Å². The first kappa shape index (κ1) is 19.6. The standard InChI is InChI=1S/C24H24FN5O/c1-16-23-20(14-17(15-21(23)31)18-6-2-3-7-19(18)25)28-24(27-16)30-12-10-29(11-13-30)22-8-4-5-9-26-22/h2-9,17H,10-15H2,1H3/p+1/t17-/m1/s1.